The molecule has 0 aliphatic heterocycles. The lowest BCUT2D eigenvalue weighted by Gasteiger charge is -2.14. The Kier molecular flexibility index (Phi) is 2.98. The Balaban J connectivity index is 1.99. The summed E-state index contributed by atoms with van der Waals surface area (Å²) in [5, 5.41) is 2.53. The van der Waals surface area contributed by atoms with E-state index in [0.29, 0.717) is 5.92 Å². The molecule has 2 aromatic carbocycles. The van der Waals surface area contributed by atoms with Crippen molar-refractivity contribution in [2.45, 2.75) is 31.7 Å². The van der Waals surface area contributed by atoms with E-state index < -0.39 is 0 Å². The van der Waals surface area contributed by atoms with Gasteiger partial charge in [0.1, 0.15) is 5.75 Å². The molecule has 0 aromatic heterocycles. The molecular formula is C17H21NO. The zero-order chi connectivity index (χ0) is 13.5. The van der Waals surface area contributed by atoms with Crippen molar-refractivity contribution in [1.29, 1.82) is 0 Å². The molecular weight excluding hydrogens is 234 g/mol. The van der Waals surface area contributed by atoms with Crippen LogP contribution in [-0.4, -0.2) is 12.6 Å². The fraction of sp³-hybridized carbons (Fsp3) is 0.412. The van der Waals surface area contributed by atoms with Crippen LogP contribution in [0.1, 0.15) is 25.3 Å². The molecule has 0 radical (unpaired) electrons. The Morgan fingerprint density at radius 3 is 2.84 bits per heavy atom. The van der Waals surface area contributed by atoms with Crippen molar-refractivity contribution in [3.8, 4) is 5.75 Å². The minimum absolute atomic E-state index is 0.0200. The molecule has 2 atom stereocenters. The molecule has 1 fully saturated rings. The lowest BCUT2D eigenvalue weighted by atomic mass is 9.96. The lowest BCUT2D eigenvalue weighted by Crippen LogP contribution is -2.27. The third-order valence-electron chi connectivity index (χ3n) is 4.47. The van der Waals surface area contributed by atoms with Crippen LogP contribution in [0.15, 0.2) is 36.4 Å². The summed E-state index contributed by atoms with van der Waals surface area (Å²) in [6, 6.07) is 12.7. The number of methoxy groups -OCH3 is 1. The average Bonchev–Trinajstić information content (AvgIpc) is 3.09. The van der Waals surface area contributed by atoms with Gasteiger partial charge in [0, 0.05) is 5.54 Å². The van der Waals surface area contributed by atoms with Crippen molar-refractivity contribution < 1.29 is 4.74 Å². The van der Waals surface area contributed by atoms with Crippen LogP contribution in [0.4, 0.5) is 0 Å². The monoisotopic (exact) mass is 255 g/mol. The first-order valence-corrected chi connectivity index (χ1v) is 7.01. The van der Waals surface area contributed by atoms with Crippen LogP contribution in [0, 0.1) is 5.92 Å². The highest BCUT2D eigenvalue weighted by Crippen LogP contribution is 2.46. The maximum absolute atomic E-state index is 6.46. The highest BCUT2D eigenvalue weighted by Gasteiger charge is 2.49. The van der Waals surface area contributed by atoms with Gasteiger partial charge in [-0.3, -0.25) is 0 Å². The van der Waals surface area contributed by atoms with E-state index in [2.05, 4.69) is 37.3 Å². The Bertz CT molecular complexity index is 607. The number of rotatable bonds is 4. The molecule has 1 aliphatic rings. The van der Waals surface area contributed by atoms with Gasteiger partial charge in [0.25, 0.3) is 0 Å². The first-order chi connectivity index (χ1) is 9.16. The maximum atomic E-state index is 6.46. The molecule has 2 heteroatoms. The van der Waals surface area contributed by atoms with E-state index in [4.69, 9.17) is 10.5 Å². The van der Waals surface area contributed by atoms with Gasteiger partial charge in [-0.2, -0.15) is 0 Å². The lowest BCUT2D eigenvalue weighted by molar-refractivity contribution is 0.415. The summed E-state index contributed by atoms with van der Waals surface area (Å²) in [5.41, 5.74) is 7.83. The fourth-order valence-electron chi connectivity index (χ4n) is 3.12. The molecule has 0 saturated heterocycles. The van der Waals surface area contributed by atoms with Gasteiger partial charge in [0.15, 0.2) is 0 Å². The second-order valence-corrected chi connectivity index (χ2v) is 5.72. The second-order valence-electron chi connectivity index (χ2n) is 5.72. The van der Waals surface area contributed by atoms with E-state index in [0.717, 1.165) is 18.6 Å². The van der Waals surface area contributed by atoms with Crippen LogP contribution in [0.5, 0.6) is 5.75 Å². The molecule has 2 aromatic rings. The van der Waals surface area contributed by atoms with Gasteiger partial charge in [-0.15, -0.1) is 0 Å². The van der Waals surface area contributed by atoms with E-state index in [1.54, 1.807) is 7.11 Å². The third kappa shape index (κ3) is 2.21. The number of hydrogen-bond donors (Lipinski definition) is 1. The zero-order valence-corrected chi connectivity index (χ0v) is 11.6. The van der Waals surface area contributed by atoms with Crippen molar-refractivity contribution >= 4 is 10.8 Å². The Morgan fingerprint density at radius 2 is 2.16 bits per heavy atom. The summed E-state index contributed by atoms with van der Waals surface area (Å²) in [7, 11) is 1.71. The van der Waals surface area contributed by atoms with Gasteiger partial charge in [-0.25, -0.2) is 0 Å². The summed E-state index contributed by atoms with van der Waals surface area (Å²) in [5.74, 6) is 1.60. The van der Waals surface area contributed by atoms with Gasteiger partial charge >= 0.3 is 0 Å². The zero-order valence-electron chi connectivity index (χ0n) is 11.6. The molecule has 3 rings (SSSR count). The largest absolute Gasteiger partial charge is 0.497 e. The van der Waals surface area contributed by atoms with Crippen LogP contribution in [0.25, 0.3) is 10.8 Å². The van der Waals surface area contributed by atoms with Gasteiger partial charge in [0.05, 0.1) is 7.11 Å². The standard InChI is InChI=1S/C17H21NO/c1-3-14-11-17(14,18)10-13-6-4-5-12-7-8-15(19-2)9-16(12)13/h4-9,14H,3,10-11,18H2,1-2H3. The molecule has 1 aliphatic carbocycles. The minimum atomic E-state index is 0.0200. The smallest absolute Gasteiger partial charge is 0.119 e. The number of fused-ring (bicyclic) bond motifs is 1. The Morgan fingerprint density at radius 1 is 1.32 bits per heavy atom. The van der Waals surface area contributed by atoms with Crippen LogP contribution in [-0.2, 0) is 6.42 Å². The van der Waals surface area contributed by atoms with E-state index in [9.17, 15) is 0 Å². The molecule has 0 bridgehead atoms. The summed E-state index contributed by atoms with van der Waals surface area (Å²) < 4.78 is 5.33. The molecule has 0 amide bonds. The number of ether oxygens (including phenoxy) is 1. The van der Waals surface area contributed by atoms with Crippen LogP contribution < -0.4 is 10.5 Å². The van der Waals surface area contributed by atoms with E-state index >= 15 is 0 Å². The van der Waals surface area contributed by atoms with Gasteiger partial charge in [-0.05, 0) is 47.2 Å². The molecule has 100 valence electrons. The van der Waals surface area contributed by atoms with Crippen molar-refractivity contribution in [3.05, 3.63) is 42.0 Å². The summed E-state index contributed by atoms with van der Waals surface area (Å²) in [6.07, 6.45) is 3.31. The molecule has 2 unspecified atom stereocenters. The Labute approximate surface area is 114 Å². The van der Waals surface area contributed by atoms with E-state index in [1.165, 1.54) is 22.8 Å². The molecule has 19 heavy (non-hydrogen) atoms. The van der Waals surface area contributed by atoms with Crippen molar-refractivity contribution in [2.75, 3.05) is 7.11 Å². The molecule has 2 N–H and O–H groups in total. The molecule has 0 spiro atoms. The molecule has 0 heterocycles. The van der Waals surface area contributed by atoms with Gasteiger partial charge < -0.3 is 10.5 Å². The maximum Gasteiger partial charge on any atom is 0.119 e. The first kappa shape index (κ1) is 12.5. The van der Waals surface area contributed by atoms with Gasteiger partial charge in [-0.1, -0.05) is 37.6 Å². The second kappa shape index (κ2) is 4.53. The highest BCUT2D eigenvalue weighted by atomic mass is 16.5. The van der Waals surface area contributed by atoms with Crippen LogP contribution in [0.3, 0.4) is 0 Å². The van der Waals surface area contributed by atoms with Gasteiger partial charge in [0.2, 0.25) is 0 Å². The SMILES string of the molecule is CCC1CC1(N)Cc1cccc2ccc(OC)cc12. The summed E-state index contributed by atoms with van der Waals surface area (Å²) in [4.78, 5) is 0. The van der Waals surface area contributed by atoms with E-state index in [1.807, 2.05) is 6.07 Å². The van der Waals surface area contributed by atoms with Crippen LogP contribution in [0.2, 0.25) is 0 Å². The number of benzene rings is 2. The number of nitrogens with two attached hydrogens (primary N) is 1. The number of hydrogen-bond acceptors (Lipinski definition) is 2. The first-order valence-electron chi connectivity index (χ1n) is 7.01. The average molecular weight is 255 g/mol. The highest BCUT2D eigenvalue weighted by molar-refractivity contribution is 5.87. The van der Waals surface area contributed by atoms with Crippen molar-refractivity contribution in [2.24, 2.45) is 11.7 Å². The van der Waals surface area contributed by atoms with E-state index in [-0.39, 0.29) is 5.54 Å². The minimum Gasteiger partial charge on any atom is -0.497 e. The van der Waals surface area contributed by atoms with Crippen molar-refractivity contribution in [1.82, 2.24) is 0 Å². The third-order valence-corrected chi connectivity index (χ3v) is 4.47. The predicted octanol–water partition coefficient (Wildman–Crippen LogP) is 3.52. The molecule has 1 saturated carbocycles. The predicted molar refractivity (Wildman–Crippen MR) is 79.5 cm³/mol. The fourth-order valence-corrected chi connectivity index (χ4v) is 3.12. The van der Waals surface area contributed by atoms with Crippen molar-refractivity contribution in [3.63, 3.8) is 0 Å². The normalized spacial score (nSPS) is 25.5. The Hall–Kier alpha value is -1.54. The topological polar surface area (TPSA) is 35.2 Å². The molecule has 2 nitrogen and oxygen atoms in total. The summed E-state index contributed by atoms with van der Waals surface area (Å²) in [6.45, 7) is 2.23. The quantitative estimate of drug-likeness (QED) is 0.907. The van der Waals surface area contributed by atoms with Crippen LogP contribution >= 0.6 is 0 Å². The summed E-state index contributed by atoms with van der Waals surface area (Å²) >= 11 is 0.